The molecule has 0 aliphatic carbocycles. The number of carbonyl (C=O) groups excluding carboxylic acids is 3. The van der Waals surface area contributed by atoms with Crippen molar-refractivity contribution in [3.05, 3.63) is 98.8 Å². The number of benzene rings is 3. The van der Waals surface area contributed by atoms with E-state index >= 15 is 0 Å². The Hall–Kier alpha value is -4.27. The molecule has 0 fully saturated rings. The van der Waals surface area contributed by atoms with Crippen molar-refractivity contribution < 1.29 is 19.1 Å². The molecule has 4 aromatic rings. The molecule has 214 valence electrons. The lowest BCUT2D eigenvalue weighted by molar-refractivity contribution is -0.119. The third kappa shape index (κ3) is 3.93. The van der Waals surface area contributed by atoms with Crippen molar-refractivity contribution in [1.29, 1.82) is 0 Å². The Bertz CT molecular complexity index is 1830. The van der Waals surface area contributed by atoms with Gasteiger partial charge in [-0.3, -0.25) is 19.3 Å². The molecule has 0 unspecified atom stereocenters. The monoisotopic (exact) mass is 602 g/mol. The summed E-state index contributed by atoms with van der Waals surface area (Å²) in [6.07, 6.45) is 1.76. The molecule has 6 rings (SSSR count). The van der Waals surface area contributed by atoms with E-state index in [1.54, 1.807) is 66.7 Å². The minimum absolute atomic E-state index is 0.142. The average molecular weight is 604 g/mol. The molecule has 2 aliphatic rings. The lowest BCUT2D eigenvalue weighted by Gasteiger charge is -2.36. The number of hydrogen-bond acceptors (Lipinski definition) is 4. The molecule has 0 radical (unpaired) electrons. The number of hydrogen-bond donors (Lipinski definition) is 2. The van der Waals surface area contributed by atoms with E-state index in [1.807, 2.05) is 31.4 Å². The van der Waals surface area contributed by atoms with E-state index in [-0.39, 0.29) is 23.6 Å². The highest BCUT2D eigenvalue weighted by molar-refractivity contribution is 6.32. The molecule has 0 saturated carbocycles. The van der Waals surface area contributed by atoms with Gasteiger partial charge in [0, 0.05) is 51.4 Å². The minimum Gasteiger partial charge on any atom is -0.495 e. The van der Waals surface area contributed by atoms with Gasteiger partial charge in [-0.15, -0.1) is 0 Å². The summed E-state index contributed by atoms with van der Waals surface area (Å²) in [5.74, 6) is -0.538. The number of aromatic nitrogens is 1. The lowest BCUT2D eigenvalue weighted by atomic mass is 9.81. The fraction of sp³-hybridized carbons (Fsp3) is 0.219. The van der Waals surface area contributed by atoms with Crippen molar-refractivity contribution in [3.63, 3.8) is 0 Å². The standard InChI is InChI=1S/C32H28Cl2N4O4/c1-16(2)29-28-22(15-37(29)26-14-21(35-18(4)39)9-11-27(26)42-5)30(40)38(25-13-20(34)7-6-17(25)3)32(28)23-10-8-19(33)12-24(23)36-31(32)41/h6-16H,1-5H3,(H,35,39)(H,36,41)/t32-/m0/s1. The molecule has 1 spiro atoms. The summed E-state index contributed by atoms with van der Waals surface area (Å²) in [6, 6.07) is 15.8. The van der Waals surface area contributed by atoms with E-state index in [0.29, 0.717) is 55.2 Å². The van der Waals surface area contributed by atoms with Crippen LogP contribution < -0.4 is 20.3 Å². The van der Waals surface area contributed by atoms with Crippen molar-refractivity contribution in [2.45, 2.75) is 39.2 Å². The van der Waals surface area contributed by atoms with Gasteiger partial charge in [-0.25, -0.2) is 0 Å². The molecule has 0 saturated heterocycles. The van der Waals surface area contributed by atoms with Crippen LogP contribution in [0.15, 0.2) is 60.8 Å². The van der Waals surface area contributed by atoms with E-state index in [1.165, 1.54) is 6.92 Å². The van der Waals surface area contributed by atoms with Gasteiger partial charge in [-0.2, -0.15) is 0 Å². The molecule has 10 heteroatoms. The van der Waals surface area contributed by atoms with Gasteiger partial charge in [0.05, 0.1) is 24.0 Å². The first-order valence-corrected chi connectivity index (χ1v) is 14.2. The number of nitrogens with zero attached hydrogens (tertiary/aromatic N) is 2. The maximum atomic E-state index is 14.6. The molecule has 8 nitrogen and oxygen atoms in total. The van der Waals surface area contributed by atoms with E-state index in [4.69, 9.17) is 27.9 Å². The summed E-state index contributed by atoms with van der Waals surface area (Å²) in [4.78, 5) is 42.4. The Kier molecular flexibility index (Phi) is 6.59. The number of fused-ring (bicyclic) bond motifs is 4. The lowest BCUT2D eigenvalue weighted by Crippen LogP contribution is -2.51. The van der Waals surface area contributed by atoms with E-state index in [9.17, 15) is 14.4 Å². The summed E-state index contributed by atoms with van der Waals surface area (Å²) in [5.41, 5.74) is 3.82. The van der Waals surface area contributed by atoms with Gasteiger partial charge in [0.25, 0.3) is 11.8 Å². The zero-order chi connectivity index (χ0) is 30.1. The summed E-state index contributed by atoms with van der Waals surface area (Å²) in [5, 5.41) is 6.72. The molecule has 1 atom stereocenters. The number of halogens is 2. The predicted octanol–water partition coefficient (Wildman–Crippen LogP) is 7.04. The summed E-state index contributed by atoms with van der Waals surface area (Å²) < 4.78 is 7.60. The second-order valence-corrected chi connectivity index (χ2v) is 11.7. The highest BCUT2D eigenvalue weighted by atomic mass is 35.5. The van der Waals surface area contributed by atoms with Crippen LogP contribution >= 0.6 is 23.2 Å². The summed E-state index contributed by atoms with van der Waals surface area (Å²) in [6.45, 7) is 7.34. The third-order valence-corrected chi connectivity index (χ3v) is 8.31. The number of methoxy groups -OCH3 is 1. The molecule has 3 amide bonds. The van der Waals surface area contributed by atoms with Crippen LogP contribution in [0.3, 0.4) is 0 Å². The number of amides is 3. The van der Waals surface area contributed by atoms with Crippen LogP contribution in [0, 0.1) is 6.92 Å². The highest BCUT2D eigenvalue weighted by Crippen LogP contribution is 2.56. The first-order chi connectivity index (χ1) is 20.0. The minimum atomic E-state index is -1.53. The summed E-state index contributed by atoms with van der Waals surface area (Å²) >= 11 is 12.8. The average Bonchev–Trinajstić information content (AvgIpc) is 3.53. The van der Waals surface area contributed by atoms with Crippen LogP contribution in [0.1, 0.15) is 59.4 Å². The number of nitrogens with one attached hydrogen (secondary N) is 2. The van der Waals surface area contributed by atoms with Crippen LogP contribution in [-0.2, 0) is 15.1 Å². The van der Waals surface area contributed by atoms with Crippen LogP contribution in [0.25, 0.3) is 5.69 Å². The van der Waals surface area contributed by atoms with E-state index < -0.39 is 5.54 Å². The maximum absolute atomic E-state index is 14.6. The van der Waals surface area contributed by atoms with Crippen LogP contribution in [0.2, 0.25) is 10.0 Å². The fourth-order valence-corrected chi connectivity index (χ4v) is 6.57. The number of carbonyl (C=O) groups is 3. The normalized spacial score (nSPS) is 17.1. The quantitative estimate of drug-likeness (QED) is 0.256. The molecular weight excluding hydrogens is 575 g/mol. The van der Waals surface area contributed by atoms with E-state index in [0.717, 1.165) is 11.3 Å². The first kappa shape index (κ1) is 27.9. The van der Waals surface area contributed by atoms with E-state index in [2.05, 4.69) is 10.6 Å². The molecule has 3 heterocycles. The topological polar surface area (TPSA) is 92.7 Å². The van der Waals surface area contributed by atoms with Crippen LogP contribution in [0.4, 0.5) is 17.1 Å². The third-order valence-electron chi connectivity index (χ3n) is 7.84. The first-order valence-electron chi connectivity index (χ1n) is 13.4. The molecule has 2 N–H and O–H groups in total. The Balaban J connectivity index is 1.72. The zero-order valence-electron chi connectivity index (χ0n) is 23.6. The van der Waals surface area contributed by atoms with Crippen molar-refractivity contribution in [2.75, 3.05) is 22.6 Å². The number of rotatable bonds is 5. The van der Waals surface area contributed by atoms with Gasteiger partial charge in [0.1, 0.15) is 5.75 Å². The Morgan fingerprint density at radius 3 is 2.40 bits per heavy atom. The van der Waals surface area contributed by atoms with Gasteiger partial charge in [-0.05, 0) is 60.9 Å². The van der Waals surface area contributed by atoms with Gasteiger partial charge < -0.3 is 19.9 Å². The van der Waals surface area contributed by atoms with Crippen LogP contribution in [0.5, 0.6) is 5.75 Å². The largest absolute Gasteiger partial charge is 0.495 e. The molecule has 2 aliphatic heterocycles. The van der Waals surface area contributed by atoms with Crippen molar-refractivity contribution in [3.8, 4) is 11.4 Å². The van der Waals surface area contributed by atoms with Gasteiger partial charge in [-0.1, -0.05) is 49.2 Å². The maximum Gasteiger partial charge on any atom is 0.261 e. The number of anilines is 3. The number of aryl methyl sites for hydroxylation is 1. The van der Waals surface area contributed by atoms with Gasteiger partial charge in [0.2, 0.25) is 5.91 Å². The molecule has 1 aromatic heterocycles. The van der Waals surface area contributed by atoms with Crippen molar-refractivity contribution in [2.24, 2.45) is 0 Å². The second-order valence-electron chi connectivity index (χ2n) is 10.8. The predicted molar refractivity (Wildman–Crippen MR) is 165 cm³/mol. The fourth-order valence-electron chi connectivity index (χ4n) is 6.23. The molecule has 0 bridgehead atoms. The summed E-state index contributed by atoms with van der Waals surface area (Å²) in [7, 11) is 1.56. The molecule has 42 heavy (non-hydrogen) atoms. The Labute approximate surface area is 253 Å². The van der Waals surface area contributed by atoms with Crippen molar-refractivity contribution in [1.82, 2.24) is 4.57 Å². The van der Waals surface area contributed by atoms with Crippen LogP contribution in [-0.4, -0.2) is 29.4 Å². The van der Waals surface area contributed by atoms with Gasteiger partial charge in [0.15, 0.2) is 5.54 Å². The smallest absolute Gasteiger partial charge is 0.261 e. The van der Waals surface area contributed by atoms with Gasteiger partial charge >= 0.3 is 0 Å². The highest BCUT2D eigenvalue weighted by Gasteiger charge is 2.63. The molecular formula is C32H28Cl2N4O4. The zero-order valence-corrected chi connectivity index (χ0v) is 25.1. The SMILES string of the molecule is COc1ccc(NC(C)=O)cc1-n1cc2c(c1C(C)C)[C@@]1(C(=O)Nc3cc(Cl)ccc31)N(c1cc(Cl)ccc1C)C2=O. The second kappa shape index (κ2) is 9.93. The van der Waals surface area contributed by atoms with Crippen molar-refractivity contribution >= 4 is 58.0 Å². The Morgan fingerprint density at radius 2 is 1.71 bits per heavy atom. The molecule has 3 aromatic carbocycles. The Morgan fingerprint density at radius 1 is 1.00 bits per heavy atom. The number of ether oxygens (including phenoxy) is 1.